The molecule has 1 amide bonds. The molecule has 1 N–H and O–H groups in total. The highest BCUT2D eigenvalue weighted by molar-refractivity contribution is 5.76. The first kappa shape index (κ1) is 14.6. The van der Waals surface area contributed by atoms with E-state index in [0.717, 1.165) is 29.7 Å². The van der Waals surface area contributed by atoms with Crippen LogP contribution in [-0.2, 0) is 11.3 Å². The van der Waals surface area contributed by atoms with Crippen LogP contribution in [0.5, 0.6) is 0 Å². The first-order valence-electron chi connectivity index (χ1n) is 5.71. The number of unbranched alkanes of at least 4 members (excludes halogenated alkanes) is 1. The van der Waals surface area contributed by atoms with Crippen LogP contribution in [-0.4, -0.2) is 26.9 Å². The lowest BCUT2D eigenvalue weighted by Crippen LogP contribution is -2.28. The van der Waals surface area contributed by atoms with Gasteiger partial charge in [0.2, 0.25) is 0 Å². The number of amides is 1. The molecule has 0 fully saturated rings. The van der Waals surface area contributed by atoms with Crippen molar-refractivity contribution in [3.8, 4) is 0 Å². The van der Waals surface area contributed by atoms with Crippen molar-refractivity contribution in [2.45, 2.75) is 26.3 Å². The Morgan fingerprint density at radius 2 is 2.05 bits per heavy atom. The Morgan fingerprint density at radius 1 is 1.37 bits per heavy atom. The van der Waals surface area contributed by atoms with E-state index in [0.29, 0.717) is 6.54 Å². The Labute approximate surface area is 108 Å². The third-order valence-corrected chi connectivity index (χ3v) is 2.42. The van der Waals surface area contributed by atoms with Gasteiger partial charge in [0.1, 0.15) is 6.07 Å². The van der Waals surface area contributed by atoms with Crippen molar-refractivity contribution in [3.63, 3.8) is 0 Å². The molecule has 0 atom stereocenters. The lowest BCUT2D eigenvalue weighted by molar-refractivity contribution is -0.394. The van der Waals surface area contributed by atoms with E-state index < -0.39 is 27.3 Å². The fourth-order valence-electron chi connectivity index (χ4n) is 1.48. The average Bonchev–Trinajstić information content (AvgIpc) is 2.73. The molecule has 19 heavy (non-hydrogen) atoms. The summed E-state index contributed by atoms with van der Waals surface area (Å²) in [5.41, 5.74) is -0.409. The molecule has 0 saturated heterocycles. The molecule has 0 spiro atoms. The van der Waals surface area contributed by atoms with Crippen LogP contribution in [0.3, 0.4) is 0 Å². The quantitative estimate of drug-likeness (QED) is 0.453. The zero-order valence-electron chi connectivity index (χ0n) is 10.4. The molecule has 1 heterocycles. The number of carbonyl (C=O) groups is 1. The van der Waals surface area contributed by atoms with Crippen molar-refractivity contribution < 1.29 is 14.6 Å². The summed E-state index contributed by atoms with van der Waals surface area (Å²) >= 11 is 0. The van der Waals surface area contributed by atoms with Crippen LogP contribution in [0.25, 0.3) is 0 Å². The van der Waals surface area contributed by atoms with Gasteiger partial charge in [-0.15, -0.1) is 0 Å². The summed E-state index contributed by atoms with van der Waals surface area (Å²) in [5, 5.41) is 23.9. The van der Waals surface area contributed by atoms with Crippen molar-refractivity contribution in [1.29, 1.82) is 0 Å². The summed E-state index contributed by atoms with van der Waals surface area (Å²) in [6, 6.07) is 0.833. The van der Waals surface area contributed by atoms with Gasteiger partial charge in [-0.1, -0.05) is 13.3 Å². The largest absolute Gasteiger partial charge is 0.358 e. The highest BCUT2D eigenvalue weighted by atomic mass is 16.6. The Kier molecular flexibility index (Phi) is 4.98. The summed E-state index contributed by atoms with van der Waals surface area (Å²) in [5.74, 6) is -0.889. The molecular weight excluding hydrogens is 256 g/mol. The maximum absolute atomic E-state index is 11.5. The normalized spacial score (nSPS) is 10.2. The van der Waals surface area contributed by atoms with Gasteiger partial charge in [-0.3, -0.25) is 14.9 Å². The van der Waals surface area contributed by atoms with Crippen LogP contribution < -0.4 is 5.32 Å². The van der Waals surface area contributed by atoms with Gasteiger partial charge in [-0.2, -0.15) is 0 Å². The van der Waals surface area contributed by atoms with Gasteiger partial charge in [0.15, 0.2) is 12.7 Å². The zero-order chi connectivity index (χ0) is 14.4. The Balaban J connectivity index is 2.78. The van der Waals surface area contributed by atoms with Gasteiger partial charge in [0, 0.05) is 6.54 Å². The standard InChI is InChI=1S/C10H14N4O5/c1-2-3-4-11-9(15)7-12-6-8(13(16)17)5-10(12)14(18)19/h5-6H,2-4,7H2,1H3,(H,11,15). The molecule has 0 aliphatic carbocycles. The van der Waals surface area contributed by atoms with E-state index in [9.17, 15) is 25.0 Å². The maximum atomic E-state index is 11.5. The number of carbonyl (C=O) groups excluding carboxylic acids is 1. The number of nitrogens with zero attached hydrogens (tertiary/aromatic N) is 3. The highest BCUT2D eigenvalue weighted by Crippen LogP contribution is 2.22. The monoisotopic (exact) mass is 270 g/mol. The van der Waals surface area contributed by atoms with Crippen LogP contribution in [0.4, 0.5) is 11.5 Å². The summed E-state index contributed by atoms with van der Waals surface area (Å²) in [7, 11) is 0. The summed E-state index contributed by atoms with van der Waals surface area (Å²) in [6.45, 7) is 2.13. The highest BCUT2D eigenvalue weighted by Gasteiger charge is 2.24. The van der Waals surface area contributed by atoms with E-state index in [4.69, 9.17) is 0 Å². The molecule has 104 valence electrons. The van der Waals surface area contributed by atoms with Crippen LogP contribution in [0.2, 0.25) is 0 Å². The van der Waals surface area contributed by atoms with Crippen LogP contribution in [0.15, 0.2) is 12.3 Å². The minimum atomic E-state index is -0.758. The first-order valence-corrected chi connectivity index (χ1v) is 5.71. The van der Waals surface area contributed by atoms with Crippen molar-refractivity contribution in [3.05, 3.63) is 32.5 Å². The SMILES string of the molecule is CCCCNC(=O)Cn1cc([N+](=O)[O-])cc1[N+](=O)[O-]. The molecule has 0 aromatic carbocycles. The van der Waals surface area contributed by atoms with E-state index >= 15 is 0 Å². The number of nitro groups is 2. The summed E-state index contributed by atoms with van der Waals surface area (Å²) in [6.07, 6.45) is 2.70. The fourth-order valence-corrected chi connectivity index (χ4v) is 1.48. The maximum Gasteiger partial charge on any atom is 0.330 e. The predicted octanol–water partition coefficient (Wildman–Crippen LogP) is 1.22. The molecular formula is C10H14N4O5. The molecule has 1 aromatic rings. The van der Waals surface area contributed by atoms with E-state index in [1.54, 1.807) is 0 Å². The second-order valence-electron chi connectivity index (χ2n) is 3.90. The number of nitrogens with one attached hydrogen (secondary N) is 1. The molecule has 9 heteroatoms. The van der Waals surface area contributed by atoms with Crippen LogP contribution in [0.1, 0.15) is 19.8 Å². The number of hydrogen-bond acceptors (Lipinski definition) is 5. The Hall–Kier alpha value is -2.45. The van der Waals surface area contributed by atoms with Crippen molar-refractivity contribution in [2.24, 2.45) is 0 Å². The molecule has 0 radical (unpaired) electrons. The first-order chi connectivity index (χ1) is 8.95. The second-order valence-corrected chi connectivity index (χ2v) is 3.90. The predicted molar refractivity (Wildman–Crippen MR) is 65.7 cm³/mol. The van der Waals surface area contributed by atoms with Gasteiger partial charge in [0.25, 0.3) is 5.91 Å². The van der Waals surface area contributed by atoms with E-state index in [1.807, 2.05) is 6.92 Å². The van der Waals surface area contributed by atoms with Crippen LogP contribution >= 0.6 is 0 Å². The Morgan fingerprint density at radius 3 is 2.58 bits per heavy atom. The Bertz CT molecular complexity index is 496. The van der Waals surface area contributed by atoms with Gasteiger partial charge in [-0.05, 0) is 11.3 Å². The lowest BCUT2D eigenvalue weighted by Gasteiger charge is -2.03. The summed E-state index contributed by atoms with van der Waals surface area (Å²) in [4.78, 5) is 31.3. The fraction of sp³-hybridized carbons (Fsp3) is 0.500. The third-order valence-electron chi connectivity index (χ3n) is 2.42. The van der Waals surface area contributed by atoms with Gasteiger partial charge >= 0.3 is 11.5 Å². The lowest BCUT2D eigenvalue weighted by atomic mass is 10.3. The second kappa shape index (κ2) is 6.47. The van der Waals surface area contributed by atoms with Gasteiger partial charge in [0.05, 0.1) is 4.92 Å². The molecule has 0 saturated carbocycles. The molecule has 1 aromatic heterocycles. The minimum Gasteiger partial charge on any atom is -0.358 e. The molecule has 0 bridgehead atoms. The van der Waals surface area contributed by atoms with Crippen molar-refractivity contribution >= 4 is 17.4 Å². The molecule has 0 aliphatic rings. The smallest absolute Gasteiger partial charge is 0.330 e. The molecule has 0 aliphatic heterocycles. The van der Waals surface area contributed by atoms with Gasteiger partial charge < -0.3 is 15.4 Å². The van der Waals surface area contributed by atoms with E-state index in [2.05, 4.69) is 5.32 Å². The van der Waals surface area contributed by atoms with E-state index in [1.165, 1.54) is 0 Å². The van der Waals surface area contributed by atoms with E-state index in [-0.39, 0.29) is 6.54 Å². The average molecular weight is 270 g/mol. The number of aromatic nitrogens is 1. The van der Waals surface area contributed by atoms with Crippen molar-refractivity contribution in [2.75, 3.05) is 6.54 Å². The third kappa shape index (κ3) is 4.05. The minimum absolute atomic E-state index is 0.312. The molecule has 9 nitrogen and oxygen atoms in total. The topological polar surface area (TPSA) is 120 Å². The zero-order valence-corrected chi connectivity index (χ0v) is 10.4. The number of rotatable bonds is 7. The van der Waals surface area contributed by atoms with Crippen LogP contribution in [0, 0.1) is 20.2 Å². The van der Waals surface area contributed by atoms with Crippen molar-refractivity contribution in [1.82, 2.24) is 9.88 Å². The summed E-state index contributed by atoms with van der Waals surface area (Å²) < 4.78 is 0.958. The number of hydrogen-bond donors (Lipinski definition) is 1. The van der Waals surface area contributed by atoms with Gasteiger partial charge in [-0.25, -0.2) is 4.57 Å². The molecule has 0 unspecified atom stereocenters. The molecule has 1 rings (SSSR count).